The molecule has 0 N–H and O–H groups in total. The molecule has 6 rings (SSSR count). The van der Waals surface area contributed by atoms with Crippen LogP contribution in [0.3, 0.4) is 0 Å². The van der Waals surface area contributed by atoms with E-state index in [0.717, 1.165) is 16.5 Å². The van der Waals surface area contributed by atoms with Crippen LogP contribution in [0, 0.1) is 23.7 Å². The normalized spacial score (nSPS) is 32.8. The highest BCUT2D eigenvalue weighted by molar-refractivity contribution is 6.00. The number of carbonyl (C=O) groups is 5. The third-order valence-electron chi connectivity index (χ3n) is 14.4. The second kappa shape index (κ2) is 22.8. The number of esters is 2. The lowest BCUT2D eigenvalue weighted by Crippen LogP contribution is -2.61. The number of amides is 1. The van der Waals surface area contributed by atoms with Crippen molar-refractivity contribution in [2.24, 2.45) is 23.7 Å². The van der Waals surface area contributed by atoms with Crippen LogP contribution in [0.15, 0.2) is 72.9 Å². The van der Waals surface area contributed by atoms with E-state index < -0.39 is 89.3 Å². The van der Waals surface area contributed by atoms with Gasteiger partial charge >= 0.3 is 18.0 Å². The number of aromatic nitrogens is 1. The van der Waals surface area contributed by atoms with Gasteiger partial charge in [0.2, 0.25) is 0 Å². The lowest BCUT2D eigenvalue weighted by molar-refractivity contribution is -0.296. The molecule has 3 fully saturated rings. The number of para-hydroxylation sites is 1. The van der Waals surface area contributed by atoms with E-state index in [-0.39, 0.29) is 37.4 Å². The van der Waals surface area contributed by atoms with E-state index in [1.807, 2.05) is 114 Å². The minimum Gasteiger partial charge on any atom is -0.458 e. The number of likely N-dealkylation sites (N-methyl/N-ethyl adjacent to an activating group) is 1. The SMILES string of the molecule is CC[C@H]1OC(=O)[C@H](C)C(=O)[C@H](C)[C@@H](O[C@@H]2O[C@H](C)C[C@H](N(C)C)[C@H]2OC(=O)c2ccccc2)[C@](C)(OC/C=C/c2cnc3ccccc3c2)C[C@@H](C)C(=O)[C@H](C)[C@H]2N(CCCN(C)C)C(=O)O[C@]12C. The highest BCUT2D eigenvalue weighted by atomic mass is 16.7. The summed E-state index contributed by atoms with van der Waals surface area (Å²) < 4.78 is 39.4. The van der Waals surface area contributed by atoms with Crippen LogP contribution in [0.4, 0.5) is 4.79 Å². The van der Waals surface area contributed by atoms with Crippen molar-refractivity contribution in [2.75, 3.05) is 47.9 Å². The fraction of sp³-hybridized carbons (Fsp3) is 0.593. The molecule has 0 radical (unpaired) electrons. The van der Waals surface area contributed by atoms with E-state index in [1.165, 1.54) is 6.92 Å². The minimum absolute atomic E-state index is 0.0215. The molecule has 69 heavy (non-hydrogen) atoms. The molecule has 376 valence electrons. The third-order valence-corrected chi connectivity index (χ3v) is 14.4. The largest absolute Gasteiger partial charge is 0.458 e. The first-order valence-electron chi connectivity index (χ1n) is 24.5. The first kappa shape index (κ1) is 53.3. The Balaban J connectivity index is 1.45. The van der Waals surface area contributed by atoms with Crippen LogP contribution >= 0.6 is 0 Å². The standard InChI is InChI=1S/C54H74N4O11/c1-13-43-54(8)47(58(52(63)69-54)27-20-26-56(9)10)35(4)44(59)33(2)31-53(7,64-28-19-21-38-30-40-24-17-18-25-41(40)55-32-38)48(36(5)45(60)37(6)49(61)66-43)68-51-46(42(57(11)12)29-34(3)65-51)67-50(62)39-22-15-14-16-23-39/h14-19,21-25,30,32-37,42-43,46-48,51H,13,20,26-29,31H2,1-12H3/b21-19+/t33-,34-,35+,36+,37-,42+,43-,46-,47-,48-,51+,53-,54-/m1/s1. The number of hydrogen-bond donors (Lipinski definition) is 0. The number of Topliss-reactive ketones (excluding diaryl/α,β-unsaturated/α-hetero) is 2. The van der Waals surface area contributed by atoms with Gasteiger partial charge in [-0.2, -0.15) is 0 Å². The highest BCUT2D eigenvalue weighted by Crippen LogP contribution is 2.43. The molecule has 13 atom stereocenters. The van der Waals surface area contributed by atoms with Crippen molar-refractivity contribution in [1.82, 2.24) is 19.7 Å². The summed E-state index contributed by atoms with van der Waals surface area (Å²) in [5, 5.41) is 0.973. The number of nitrogens with zero attached hydrogens (tertiary/aromatic N) is 4. The van der Waals surface area contributed by atoms with Crippen LogP contribution in [0.1, 0.15) is 97.0 Å². The fourth-order valence-electron chi connectivity index (χ4n) is 10.7. The predicted octanol–water partition coefficient (Wildman–Crippen LogP) is 7.64. The van der Waals surface area contributed by atoms with E-state index in [2.05, 4.69) is 4.98 Å². The molecular formula is C54H74N4O11. The molecule has 0 aliphatic carbocycles. The molecule has 3 aromatic rings. The summed E-state index contributed by atoms with van der Waals surface area (Å²) in [5.41, 5.74) is -0.824. The summed E-state index contributed by atoms with van der Waals surface area (Å²) in [7, 11) is 7.68. The molecular weight excluding hydrogens is 881 g/mol. The quantitative estimate of drug-likeness (QED) is 0.0880. The van der Waals surface area contributed by atoms with Crippen molar-refractivity contribution in [3.63, 3.8) is 0 Å². The molecule has 0 saturated carbocycles. The van der Waals surface area contributed by atoms with Gasteiger partial charge in [-0.15, -0.1) is 0 Å². The minimum atomic E-state index is -1.45. The van der Waals surface area contributed by atoms with E-state index >= 15 is 4.79 Å². The predicted molar refractivity (Wildman–Crippen MR) is 262 cm³/mol. The third kappa shape index (κ3) is 12.1. The summed E-state index contributed by atoms with van der Waals surface area (Å²) >= 11 is 0. The Morgan fingerprint density at radius 3 is 2.30 bits per heavy atom. The number of benzene rings is 2. The molecule has 15 heteroatoms. The molecule has 2 aromatic carbocycles. The molecule has 3 saturated heterocycles. The molecule has 15 nitrogen and oxygen atoms in total. The van der Waals surface area contributed by atoms with Gasteiger partial charge in [0, 0.05) is 35.9 Å². The lowest BCUT2D eigenvalue weighted by atomic mass is 9.73. The van der Waals surface area contributed by atoms with Crippen molar-refractivity contribution in [3.8, 4) is 0 Å². The Morgan fingerprint density at radius 1 is 0.928 bits per heavy atom. The smallest absolute Gasteiger partial charge is 0.410 e. The maximum atomic E-state index is 15.2. The van der Waals surface area contributed by atoms with Gasteiger partial charge in [0.1, 0.15) is 17.8 Å². The zero-order chi connectivity index (χ0) is 50.4. The molecule has 3 aliphatic rings. The van der Waals surface area contributed by atoms with Crippen molar-refractivity contribution in [3.05, 3.63) is 84.1 Å². The number of ether oxygens (including phenoxy) is 6. The molecule has 0 unspecified atom stereocenters. The maximum absolute atomic E-state index is 15.2. The average Bonchev–Trinajstić information content (AvgIpc) is 3.58. The van der Waals surface area contributed by atoms with Gasteiger partial charge in [-0.25, -0.2) is 9.59 Å². The van der Waals surface area contributed by atoms with Crippen LogP contribution < -0.4 is 0 Å². The zero-order valence-electron chi connectivity index (χ0n) is 42.6. The number of carbonyl (C=O) groups excluding carboxylic acids is 5. The van der Waals surface area contributed by atoms with Gasteiger partial charge in [-0.1, -0.05) is 76.2 Å². The molecule has 4 heterocycles. The van der Waals surface area contributed by atoms with Crippen molar-refractivity contribution in [1.29, 1.82) is 0 Å². The van der Waals surface area contributed by atoms with Gasteiger partial charge in [-0.3, -0.25) is 19.4 Å². The number of hydrogen-bond acceptors (Lipinski definition) is 14. The Hall–Kier alpha value is -5.06. The van der Waals surface area contributed by atoms with Crippen LogP contribution in [0.2, 0.25) is 0 Å². The zero-order valence-corrected chi connectivity index (χ0v) is 42.6. The molecule has 3 aliphatic heterocycles. The molecule has 0 bridgehead atoms. The summed E-state index contributed by atoms with van der Waals surface area (Å²) in [6, 6.07) is 17.3. The van der Waals surface area contributed by atoms with Gasteiger partial charge in [0.15, 0.2) is 23.8 Å². The van der Waals surface area contributed by atoms with E-state index in [1.54, 1.807) is 56.1 Å². The fourth-order valence-corrected chi connectivity index (χ4v) is 10.7. The monoisotopic (exact) mass is 955 g/mol. The van der Waals surface area contributed by atoms with Gasteiger partial charge < -0.3 is 43.1 Å². The lowest BCUT2D eigenvalue weighted by Gasteiger charge is -2.48. The second-order valence-electron chi connectivity index (χ2n) is 20.3. The van der Waals surface area contributed by atoms with Crippen LogP contribution in [-0.4, -0.2) is 151 Å². The number of pyridine rings is 1. The molecule has 1 aromatic heterocycles. The van der Waals surface area contributed by atoms with Gasteiger partial charge in [-0.05, 0) is 118 Å². The summed E-state index contributed by atoms with van der Waals surface area (Å²) in [5.74, 6) is -5.95. The number of ketones is 2. The summed E-state index contributed by atoms with van der Waals surface area (Å²) in [6.45, 7) is 15.1. The Labute approximate surface area is 408 Å². The van der Waals surface area contributed by atoms with Crippen LogP contribution in [0.5, 0.6) is 0 Å². The number of cyclic esters (lactones) is 1. The first-order valence-corrected chi connectivity index (χ1v) is 24.5. The number of fused-ring (bicyclic) bond motifs is 2. The average molecular weight is 955 g/mol. The van der Waals surface area contributed by atoms with E-state index in [0.29, 0.717) is 31.5 Å². The Bertz CT molecular complexity index is 2310. The molecule has 0 spiro atoms. The summed E-state index contributed by atoms with van der Waals surface area (Å²) in [6.07, 6.45) is 1.59. The Morgan fingerprint density at radius 2 is 1.62 bits per heavy atom. The van der Waals surface area contributed by atoms with Crippen LogP contribution in [0.25, 0.3) is 17.0 Å². The number of rotatable bonds is 14. The topological polar surface area (TPSA) is 163 Å². The van der Waals surface area contributed by atoms with Crippen molar-refractivity contribution in [2.45, 2.75) is 135 Å². The summed E-state index contributed by atoms with van der Waals surface area (Å²) in [4.78, 5) is 82.4. The first-order chi connectivity index (χ1) is 32.7. The second-order valence-corrected chi connectivity index (χ2v) is 20.3. The molecule has 1 amide bonds. The maximum Gasteiger partial charge on any atom is 0.410 e. The van der Waals surface area contributed by atoms with Gasteiger partial charge in [0.25, 0.3) is 0 Å². The van der Waals surface area contributed by atoms with Gasteiger partial charge in [0.05, 0.1) is 47.6 Å². The highest BCUT2D eigenvalue weighted by Gasteiger charge is 2.60. The van der Waals surface area contributed by atoms with Crippen molar-refractivity contribution < 1.29 is 52.4 Å². The van der Waals surface area contributed by atoms with Crippen molar-refractivity contribution >= 4 is 46.6 Å². The van der Waals surface area contributed by atoms with E-state index in [9.17, 15) is 19.2 Å². The van der Waals surface area contributed by atoms with Crippen LogP contribution in [-0.2, 0) is 42.8 Å². The van der Waals surface area contributed by atoms with E-state index in [4.69, 9.17) is 28.4 Å². The Kier molecular flexibility index (Phi) is 17.6.